The van der Waals surface area contributed by atoms with Crippen LogP contribution in [0, 0.1) is 0 Å². The molecule has 0 radical (unpaired) electrons. The van der Waals surface area contributed by atoms with Gasteiger partial charge in [0.15, 0.2) is 0 Å². The summed E-state index contributed by atoms with van der Waals surface area (Å²) in [6, 6.07) is 12.6. The van der Waals surface area contributed by atoms with Crippen molar-refractivity contribution in [3.8, 4) is 0 Å². The molecule has 1 aromatic carbocycles. The van der Waals surface area contributed by atoms with Crippen LogP contribution in [0.3, 0.4) is 0 Å². The van der Waals surface area contributed by atoms with Crippen molar-refractivity contribution >= 4 is 34.5 Å². The van der Waals surface area contributed by atoms with Gasteiger partial charge in [0, 0.05) is 28.4 Å². The van der Waals surface area contributed by atoms with Crippen LogP contribution in [0.1, 0.15) is 30.2 Å². The smallest absolute Gasteiger partial charge is 0.0931 e. The van der Waals surface area contributed by atoms with Gasteiger partial charge in [-0.1, -0.05) is 55.2 Å². The summed E-state index contributed by atoms with van der Waals surface area (Å²) in [5.41, 5.74) is 1.20. The Morgan fingerprint density at radius 3 is 2.45 bits per heavy atom. The van der Waals surface area contributed by atoms with Gasteiger partial charge in [0.05, 0.1) is 4.34 Å². The van der Waals surface area contributed by atoms with E-state index in [2.05, 4.69) is 31.3 Å². The maximum absolute atomic E-state index is 6.36. The van der Waals surface area contributed by atoms with Gasteiger partial charge in [0.2, 0.25) is 0 Å². The Morgan fingerprint density at radius 2 is 1.85 bits per heavy atom. The predicted octanol–water partition coefficient (Wildman–Crippen LogP) is 5.38. The summed E-state index contributed by atoms with van der Waals surface area (Å²) in [7, 11) is 0. The van der Waals surface area contributed by atoms with Crippen LogP contribution < -0.4 is 5.32 Å². The van der Waals surface area contributed by atoms with E-state index in [0.717, 1.165) is 22.3 Å². The van der Waals surface area contributed by atoms with Crippen molar-refractivity contribution in [1.82, 2.24) is 5.32 Å². The zero-order valence-corrected chi connectivity index (χ0v) is 14.0. The van der Waals surface area contributed by atoms with Crippen LogP contribution in [-0.2, 0) is 6.42 Å². The van der Waals surface area contributed by atoms with E-state index in [1.54, 1.807) is 11.3 Å². The minimum absolute atomic E-state index is 0.362. The fraction of sp³-hybridized carbons (Fsp3) is 0.375. The number of halogens is 2. The minimum atomic E-state index is 0.362. The number of hydrogen-bond donors (Lipinski definition) is 1. The van der Waals surface area contributed by atoms with E-state index in [4.69, 9.17) is 23.2 Å². The Kier molecular flexibility index (Phi) is 5.91. The molecule has 0 bridgehead atoms. The minimum Gasteiger partial charge on any atom is -0.314 e. The Morgan fingerprint density at radius 1 is 1.10 bits per heavy atom. The van der Waals surface area contributed by atoms with Gasteiger partial charge in [-0.2, -0.15) is 0 Å². The highest BCUT2D eigenvalue weighted by Gasteiger charge is 2.16. The van der Waals surface area contributed by atoms with E-state index in [0.29, 0.717) is 12.0 Å². The van der Waals surface area contributed by atoms with Gasteiger partial charge in [0.1, 0.15) is 0 Å². The van der Waals surface area contributed by atoms with Crippen LogP contribution in [0.4, 0.5) is 0 Å². The number of thiophene rings is 1. The van der Waals surface area contributed by atoms with E-state index in [1.807, 2.05) is 24.3 Å². The highest BCUT2D eigenvalue weighted by atomic mass is 35.5. The summed E-state index contributed by atoms with van der Waals surface area (Å²) >= 11 is 14.0. The molecule has 1 atom stereocenters. The summed E-state index contributed by atoms with van der Waals surface area (Å²) in [6.45, 7) is 5.23. The SMILES string of the molecule is CC(C)NCC(Cc1ccc(Cl)s1)c1ccccc1Cl. The van der Waals surface area contributed by atoms with Crippen LogP contribution in [-0.4, -0.2) is 12.6 Å². The molecule has 0 saturated carbocycles. The summed E-state index contributed by atoms with van der Waals surface area (Å²) in [5, 5.41) is 4.35. The first-order chi connectivity index (χ1) is 9.56. The number of hydrogen-bond acceptors (Lipinski definition) is 2. The second kappa shape index (κ2) is 7.46. The second-order valence-corrected chi connectivity index (χ2v) is 7.40. The Bertz CT molecular complexity index is 551. The lowest BCUT2D eigenvalue weighted by atomic mass is 9.94. The van der Waals surface area contributed by atoms with Gasteiger partial charge in [-0.05, 0) is 30.2 Å². The summed E-state index contributed by atoms with van der Waals surface area (Å²) < 4.78 is 0.842. The molecule has 108 valence electrons. The molecule has 1 N–H and O–H groups in total. The zero-order valence-electron chi connectivity index (χ0n) is 11.7. The van der Waals surface area contributed by atoms with Crippen molar-refractivity contribution in [3.05, 3.63) is 56.2 Å². The summed E-state index contributed by atoms with van der Waals surface area (Å²) in [6.07, 6.45) is 0.959. The first-order valence-electron chi connectivity index (χ1n) is 6.78. The molecular weight excluding hydrogens is 309 g/mol. The average molecular weight is 328 g/mol. The van der Waals surface area contributed by atoms with Crippen LogP contribution in [0.25, 0.3) is 0 Å². The van der Waals surface area contributed by atoms with E-state index < -0.39 is 0 Å². The van der Waals surface area contributed by atoms with Gasteiger partial charge < -0.3 is 5.32 Å². The lowest BCUT2D eigenvalue weighted by Gasteiger charge is -2.20. The Labute approximate surface area is 134 Å². The van der Waals surface area contributed by atoms with Crippen LogP contribution in [0.5, 0.6) is 0 Å². The van der Waals surface area contributed by atoms with E-state index in [1.165, 1.54) is 10.4 Å². The molecule has 0 aliphatic heterocycles. The quantitative estimate of drug-likeness (QED) is 0.751. The van der Waals surface area contributed by atoms with E-state index in [9.17, 15) is 0 Å². The lowest BCUT2D eigenvalue weighted by Crippen LogP contribution is -2.29. The topological polar surface area (TPSA) is 12.0 Å². The fourth-order valence-electron chi connectivity index (χ4n) is 2.18. The predicted molar refractivity (Wildman–Crippen MR) is 90.4 cm³/mol. The average Bonchev–Trinajstić information content (AvgIpc) is 2.81. The Balaban J connectivity index is 2.18. The molecule has 1 heterocycles. The molecule has 0 fully saturated rings. The van der Waals surface area contributed by atoms with Crippen molar-refractivity contribution in [2.75, 3.05) is 6.54 Å². The van der Waals surface area contributed by atoms with Gasteiger partial charge in [0.25, 0.3) is 0 Å². The maximum atomic E-state index is 6.36. The molecule has 20 heavy (non-hydrogen) atoms. The molecular formula is C16H19Cl2NS. The summed E-state index contributed by atoms with van der Waals surface area (Å²) in [4.78, 5) is 1.30. The first-order valence-corrected chi connectivity index (χ1v) is 8.35. The fourth-order valence-corrected chi connectivity index (χ4v) is 3.64. The molecule has 1 unspecified atom stereocenters. The number of benzene rings is 1. The van der Waals surface area contributed by atoms with Crippen molar-refractivity contribution < 1.29 is 0 Å². The normalized spacial score (nSPS) is 12.8. The van der Waals surface area contributed by atoms with Crippen molar-refractivity contribution in [1.29, 1.82) is 0 Å². The summed E-state index contributed by atoms with van der Waals surface area (Å²) in [5.74, 6) is 0.362. The van der Waals surface area contributed by atoms with Crippen LogP contribution >= 0.6 is 34.5 Å². The Hall–Kier alpha value is -0.540. The monoisotopic (exact) mass is 327 g/mol. The van der Waals surface area contributed by atoms with Gasteiger partial charge >= 0.3 is 0 Å². The van der Waals surface area contributed by atoms with Crippen molar-refractivity contribution in [2.24, 2.45) is 0 Å². The van der Waals surface area contributed by atoms with E-state index in [-0.39, 0.29) is 0 Å². The molecule has 0 amide bonds. The van der Waals surface area contributed by atoms with E-state index >= 15 is 0 Å². The molecule has 2 aromatic rings. The zero-order chi connectivity index (χ0) is 14.5. The maximum Gasteiger partial charge on any atom is 0.0931 e. The molecule has 0 aliphatic carbocycles. The molecule has 1 aromatic heterocycles. The molecule has 0 saturated heterocycles. The first kappa shape index (κ1) is 15.8. The van der Waals surface area contributed by atoms with Crippen LogP contribution in [0.15, 0.2) is 36.4 Å². The molecule has 1 nitrogen and oxygen atoms in total. The van der Waals surface area contributed by atoms with Gasteiger partial charge in [-0.15, -0.1) is 11.3 Å². The number of nitrogens with one attached hydrogen (secondary N) is 1. The highest BCUT2D eigenvalue weighted by Crippen LogP contribution is 2.30. The lowest BCUT2D eigenvalue weighted by molar-refractivity contribution is 0.528. The second-order valence-electron chi connectivity index (χ2n) is 5.19. The third kappa shape index (κ3) is 4.49. The highest BCUT2D eigenvalue weighted by molar-refractivity contribution is 7.16. The van der Waals surface area contributed by atoms with Gasteiger partial charge in [-0.3, -0.25) is 0 Å². The molecule has 4 heteroatoms. The molecule has 0 aliphatic rings. The largest absolute Gasteiger partial charge is 0.314 e. The van der Waals surface area contributed by atoms with Gasteiger partial charge in [-0.25, -0.2) is 0 Å². The third-order valence-corrected chi connectivity index (χ3v) is 4.79. The standard InChI is InChI=1S/C16H19Cl2NS/c1-11(2)19-10-12(9-13-7-8-16(18)20-13)14-5-3-4-6-15(14)17/h3-8,11-12,19H,9-10H2,1-2H3. The molecule has 0 spiro atoms. The van der Waals surface area contributed by atoms with Crippen molar-refractivity contribution in [3.63, 3.8) is 0 Å². The molecule has 2 rings (SSSR count). The number of rotatable bonds is 6. The van der Waals surface area contributed by atoms with Crippen LogP contribution in [0.2, 0.25) is 9.36 Å². The van der Waals surface area contributed by atoms with Crippen molar-refractivity contribution in [2.45, 2.75) is 32.2 Å². The third-order valence-electron chi connectivity index (χ3n) is 3.19.